The molecule has 1 aromatic heterocycles. The molecular weight excluding hydrogens is 350 g/mol. The maximum absolute atomic E-state index is 5.50. The number of likely N-dealkylation sites (tertiary alicyclic amines) is 1. The number of benzene rings is 2. The van der Waals surface area contributed by atoms with E-state index in [1.165, 1.54) is 37.9 Å². The standard InChI is InChI=1S/C23H29N3O2/c1-25(23-21-9-8-20(27-2)16-22(21)28-24-23)13-10-18-11-14-26(15-12-18)17-19-6-4-3-5-7-19/h3-9,16,18H,10-15,17H2,1-2H3. The number of anilines is 1. The first-order valence-electron chi connectivity index (χ1n) is 10.1. The highest BCUT2D eigenvalue weighted by Gasteiger charge is 2.20. The van der Waals surface area contributed by atoms with E-state index in [-0.39, 0.29) is 0 Å². The molecule has 2 aromatic carbocycles. The Morgan fingerprint density at radius 3 is 2.68 bits per heavy atom. The summed E-state index contributed by atoms with van der Waals surface area (Å²) in [6, 6.07) is 16.7. The summed E-state index contributed by atoms with van der Waals surface area (Å²) in [4.78, 5) is 4.79. The maximum atomic E-state index is 5.50. The molecule has 1 fully saturated rings. The lowest BCUT2D eigenvalue weighted by atomic mass is 9.93. The minimum atomic E-state index is 0.774. The molecule has 5 heteroatoms. The van der Waals surface area contributed by atoms with E-state index in [1.54, 1.807) is 7.11 Å². The molecule has 0 bridgehead atoms. The fraction of sp³-hybridized carbons (Fsp3) is 0.435. The summed E-state index contributed by atoms with van der Waals surface area (Å²) < 4.78 is 10.8. The molecule has 0 spiro atoms. The number of nitrogens with zero attached hydrogens (tertiary/aromatic N) is 3. The summed E-state index contributed by atoms with van der Waals surface area (Å²) >= 11 is 0. The van der Waals surface area contributed by atoms with E-state index in [2.05, 4.69) is 52.3 Å². The normalized spacial score (nSPS) is 15.8. The van der Waals surface area contributed by atoms with Gasteiger partial charge in [-0.05, 0) is 56.0 Å². The number of rotatable bonds is 7. The summed E-state index contributed by atoms with van der Waals surface area (Å²) in [7, 11) is 3.77. The molecule has 1 aliphatic rings. The molecule has 148 valence electrons. The van der Waals surface area contributed by atoms with Crippen molar-refractivity contribution >= 4 is 16.8 Å². The Labute approximate surface area is 166 Å². The first-order chi connectivity index (χ1) is 13.7. The SMILES string of the molecule is COc1ccc2c(N(C)CCC3CCN(Cc4ccccc4)CC3)noc2c1. The van der Waals surface area contributed by atoms with Crippen LogP contribution < -0.4 is 9.64 Å². The van der Waals surface area contributed by atoms with Gasteiger partial charge in [0.25, 0.3) is 0 Å². The van der Waals surface area contributed by atoms with E-state index < -0.39 is 0 Å². The lowest BCUT2D eigenvalue weighted by molar-refractivity contribution is 0.173. The highest BCUT2D eigenvalue weighted by atomic mass is 16.5. The maximum Gasteiger partial charge on any atom is 0.179 e. The zero-order valence-electron chi connectivity index (χ0n) is 16.8. The molecule has 0 aliphatic carbocycles. The van der Waals surface area contributed by atoms with E-state index in [0.29, 0.717) is 0 Å². The van der Waals surface area contributed by atoms with E-state index in [0.717, 1.165) is 41.5 Å². The number of piperidine rings is 1. The summed E-state index contributed by atoms with van der Waals surface area (Å²) in [6.07, 6.45) is 3.75. The van der Waals surface area contributed by atoms with Crippen molar-refractivity contribution in [1.29, 1.82) is 0 Å². The van der Waals surface area contributed by atoms with Gasteiger partial charge in [0, 0.05) is 26.2 Å². The summed E-state index contributed by atoms with van der Waals surface area (Å²) in [6.45, 7) is 4.45. The van der Waals surface area contributed by atoms with Gasteiger partial charge in [-0.1, -0.05) is 35.5 Å². The van der Waals surface area contributed by atoms with Gasteiger partial charge in [0.1, 0.15) is 5.75 Å². The van der Waals surface area contributed by atoms with Crippen molar-refractivity contribution < 1.29 is 9.26 Å². The van der Waals surface area contributed by atoms with E-state index >= 15 is 0 Å². The van der Waals surface area contributed by atoms with Crippen molar-refractivity contribution in [3.05, 3.63) is 54.1 Å². The molecule has 5 nitrogen and oxygen atoms in total. The van der Waals surface area contributed by atoms with Crippen molar-refractivity contribution in [3.8, 4) is 5.75 Å². The third-order valence-corrected chi connectivity index (χ3v) is 5.85. The van der Waals surface area contributed by atoms with Gasteiger partial charge in [-0.2, -0.15) is 0 Å². The van der Waals surface area contributed by atoms with Crippen LogP contribution in [0.3, 0.4) is 0 Å². The van der Waals surface area contributed by atoms with Crippen LogP contribution in [0.1, 0.15) is 24.8 Å². The zero-order valence-corrected chi connectivity index (χ0v) is 16.8. The van der Waals surface area contributed by atoms with Gasteiger partial charge >= 0.3 is 0 Å². The van der Waals surface area contributed by atoms with Crippen LogP contribution in [-0.4, -0.2) is 43.8 Å². The van der Waals surface area contributed by atoms with Crippen molar-refractivity contribution in [3.63, 3.8) is 0 Å². The first-order valence-corrected chi connectivity index (χ1v) is 10.1. The van der Waals surface area contributed by atoms with Crippen LogP contribution in [0, 0.1) is 5.92 Å². The molecule has 28 heavy (non-hydrogen) atoms. The fourth-order valence-electron chi connectivity index (χ4n) is 4.06. The monoisotopic (exact) mass is 379 g/mol. The van der Waals surface area contributed by atoms with Gasteiger partial charge in [-0.15, -0.1) is 0 Å². The number of aromatic nitrogens is 1. The Bertz CT molecular complexity index is 885. The lowest BCUT2D eigenvalue weighted by Gasteiger charge is -2.32. The van der Waals surface area contributed by atoms with Gasteiger partial charge in [0.05, 0.1) is 12.5 Å². The molecule has 0 unspecified atom stereocenters. The molecule has 0 radical (unpaired) electrons. The third-order valence-electron chi connectivity index (χ3n) is 5.85. The Kier molecular flexibility index (Phi) is 5.81. The number of hydrogen-bond donors (Lipinski definition) is 0. The van der Waals surface area contributed by atoms with Crippen LogP contribution >= 0.6 is 0 Å². The topological polar surface area (TPSA) is 41.7 Å². The van der Waals surface area contributed by atoms with Gasteiger partial charge < -0.3 is 14.2 Å². The second-order valence-corrected chi connectivity index (χ2v) is 7.78. The van der Waals surface area contributed by atoms with E-state index in [1.807, 2.05) is 18.2 Å². The van der Waals surface area contributed by atoms with Crippen LogP contribution in [0.15, 0.2) is 53.1 Å². The van der Waals surface area contributed by atoms with Gasteiger partial charge in [-0.25, -0.2) is 0 Å². The number of fused-ring (bicyclic) bond motifs is 1. The number of hydrogen-bond acceptors (Lipinski definition) is 5. The molecule has 3 aromatic rings. The molecule has 0 N–H and O–H groups in total. The average molecular weight is 380 g/mol. The second-order valence-electron chi connectivity index (χ2n) is 7.78. The summed E-state index contributed by atoms with van der Waals surface area (Å²) in [5.41, 5.74) is 2.19. The van der Waals surface area contributed by atoms with Crippen molar-refractivity contribution in [2.75, 3.05) is 38.7 Å². The fourth-order valence-corrected chi connectivity index (χ4v) is 4.06. The van der Waals surface area contributed by atoms with Gasteiger partial charge in [0.15, 0.2) is 11.4 Å². The van der Waals surface area contributed by atoms with Crippen LogP contribution in [-0.2, 0) is 6.54 Å². The minimum absolute atomic E-state index is 0.774. The van der Waals surface area contributed by atoms with Gasteiger partial charge in [-0.3, -0.25) is 4.90 Å². The highest BCUT2D eigenvalue weighted by Crippen LogP contribution is 2.29. The minimum Gasteiger partial charge on any atom is -0.497 e. The average Bonchev–Trinajstić information content (AvgIpc) is 3.17. The van der Waals surface area contributed by atoms with Crippen LogP contribution in [0.25, 0.3) is 11.0 Å². The first kappa shape index (κ1) is 18.8. The molecule has 1 aliphatic heterocycles. The van der Waals surface area contributed by atoms with Gasteiger partial charge in [0.2, 0.25) is 0 Å². The molecular formula is C23H29N3O2. The summed E-state index contributed by atoms with van der Waals surface area (Å²) in [5, 5.41) is 5.32. The quantitative estimate of drug-likeness (QED) is 0.601. The molecule has 4 rings (SSSR count). The van der Waals surface area contributed by atoms with Crippen molar-refractivity contribution in [2.45, 2.75) is 25.8 Å². The number of ether oxygens (including phenoxy) is 1. The zero-order chi connectivity index (χ0) is 19.3. The molecule has 0 amide bonds. The predicted molar refractivity (Wildman–Crippen MR) is 113 cm³/mol. The van der Waals surface area contributed by atoms with Crippen LogP contribution in [0.4, 0.5) is 5.82 Å². The third kappa shape index (κ3) is 4.30. The van der Waals surface area contributed by atoms with Crippen molar-refractivity contribution in [1.82, 2.24) is 10.1 Å². The molecule has 2 heterocycles. The van der Waals surface area contributed by atoms with E-state index in [4.69, 9.17) is 9.26 Å². The Morgan fingerprint density at radius 1 is 1.14 bits per heavy atom. The lowest BCUT2D eigenvalue weighted by Crippen LogP contribution is -2.34. The van der Waals surface area contributed by atoms with E-state index in [9.17, 15) is 0 Å². The Hall–Kier alpha value is -2.53. The predicted octanol–water partition coefficient (Wildman–Crippen LogP) is 4.57. The molecule has 0 saturated carbocycles. The van der Waals surface area contributed by atoms with Crippen molar-refractivity contribution in [2.24, 2.45) is 5.92 Å². The summed E-state index contributed by atoms with van der Waals surface area (Å²) in [5.74, 6) is 2.49. The smallest absolute Gasteiger partial charge is 0.179 e. The molecule has 1 saturated heterocycles. The second kappa shape index (κ2) is 8.65. The molecule has 0 atom stereocenters. The largest absolute Gasteiger partial charge is 0.497 e. The highest BCUT2D eigenvalue weighted by molar-refractivity contribution is 5.89. The van der Waals surface area contributed by atoms with Crippen LogP contribution in [0.5, 0.6) is 5.75 Å². The Balaban J connectivity index is 1.27. The number of methoxy groups -OCH3 is 1. The van der Waals surface area contributed by atoms with Crippen LogP contribution in [0.2, 0.25) is 0 Å². The Morgan fingerprint density at radius 2 is 1.93 bits per heavy atom.